The molecule has 0 aromatic heterocycles. The van der Waals surface area contributed by atoms with Gasteiger partial charge in [-0.3, -0.25) is 0 Å². The van der Waals surface area contributed by atoms with E-state index in [0.29, 0.717) is 5.57 Å². The van der Waals surface area contributed by atoms with Crippen LogP contribution in [0.3, 0.4) is 0 Å². The Morgan fingerprint density at radius 3 is 2.57 bits per heavy atom. The van der Waals surface area contributed by atoms with Gasteiger partial charge in [-0.25, -0.2) is 0 Å². The summed E-state index contributed by atoms with van der Waals surface area (Å²) in [6.07, 6.45) is 3.63. The highest BCUT2D eigenvalue weighted by atomic mass is 15.1. The minimum atomic E-state index is -1.39. The molecule has 5 heteroatoms. The lowest BCUT2D eigenvalue weighted by Gasteiger charge is -2.44. The van der Waals surface area contributed by atoms with Crippen LogP contribution in [-0.2, 0) is 0 Å². The first-order valence-corrected chi connectivity index (χ1v) is 7.17. The fourth-order valence-corrected chi connectivity index (χ4v) is 3.56. The number of rotatable bonds is 2. The van der Waals surface area contributed by atoms with E-state index in [0.717, 1.165) is 31.5 Å². The lowest BCUT2D eigenvalue weighted by molar-refractivity contribution is 0.176. The molecule has 0 bridgehead atoms. The van der Waals surface area contributed by atoms with E-state index in [2.05, 4.69) is 23.1 Å². The van der Waals surface area contributed by atoms with Crippen molar-refractivity contribution in [2.75, 3.05) is 20.1 Å². The molecule has 1 aliphatic heterocycles. The normalized spacial score (nSPS) is 27.9. The van der Waals surface area contributed by atoms with Gasteiger partial charge in [0.25, 0.3) is 0 Å². The van der Waals surface area contributed by atoms with E-state index in [4.69, 9.17) is 5.73 Å². The third kappa shape index (κ3) is 2.09. The van der Waals surface area contributed by atoms with Crippen molar-refractivity contribution < 1.29 is 0 Å². The summed E-state index contributed by atoms with van der Waals surface area (Å²) in [7, 11) is 2.00. The number of likely N-dealkylation sites (N-methyl/N-ethyl adjacent to an activating group) is 1. The highest BCUT2D eigenvalue weighted by Crippen LogP contribution is 2.50. The van der Waals surface area contributed by atoms with E-state index >= 15 is 0 Å². The van der Waals surface area contributed by atoms with Crippen molar-refractivity contribution in [2.45, 2.75) is 19.8 Å². The Hall–Kier alpha value is -2.29. The zero-order valence-electron chi connectivity index (χ0n) is 12.4. The summed E-state index contributed by atoms with van der Waals surface area (Å²) >= 11 is 0. The van der Waals surface area contributed by atoms with Gasteiger partial charge in [0.05, 0.1) is 23.4 Å². The van der Waals surface area contributed by atoms with Crippen molar-refractivity contribution in [1.82, 2.24) is 4.90 Å². The van der Waals surface area contributed by atoms with Crippen molar-refractivity contribution in [3.63, 3.8) is 0 Å². The molecule has 2 atom stereocenters. The van der Waals surface area contributed by atoms with E-state index in [1.807, 2.05) is 20.0 Å². The smallest absolute Gasteiger partial charge is 0.187 e. The summed E-state index contributed by atoms with van der Waals surface area (Å²) in [5.41, 5.74) is 6.12. The van der Waals surface area contributed by atoms with Crippen LogP contribution in [0.2, 0.25) is 0 Å². The average molecular weight is 281 g/mol. The molecule has 1 heterocycles. The topological polar surface area (TPSA) is 101 Å². The predicted molar refractivity (Wildman–Crippen MR) is 78.0 cm³/mol. The Morgan fingerprint density at radius 1 is 1.38 bits per heavy atom. The van der Waals surface area contributed by atoms with Crippen molar-refractivity contribution >= 4 is 0 Å². The van der Waals surface area contributed by atoms with Gasteiger partial charge < -0.3 is 10.6 Å². The van der Waals surface area contributed by atoms with E-state index in [1.165, 1.54) is 0 Å². The van der Waals surface area contributed by atoms with Crippen LogP contribution in [-0.4, -0.2) is 25.0 Å². The van der Waals surface area contributed by atoms with Crippen LogP contribution in [0.4, 0.5) is 0 Å². The molecule has 5 nitrogen and oxygen atoms in total. The molecule has 0 aromatic carbocycles. The van der Waals surface area contributed by atoms with Crippen molar-refractivity contribution in [1.29, 1.82) is 15.8 Å². The molecule has 2 aliphatic rings. The summed E-state index contributed by atoms with van der Waals surface area (Å²) < 4.78 is 0. The second kappa shape index (κ2) is 5.60. The van der Waals surface area contributed by atoms with Crippen molar-refractivity contribution in [3.8, 4) is 18.2 Å². The van der Waals surface area contributed by atoms with Gasteiger partial charge in [0.2, 0.25) is 0 Å². The molecular weight excluding hydrogens is 262 g/mol. The van der Waals surface area contributed by atoms with Crippen molar-refractivity contribution in [2.24, 2.45) is 23.0 Å². The Kier molecular flexibility index (Phi) is 4.03. The van der Waals surface area contributed by atoms with Gasteiger partial charge in [-0.1, -0.05) is 19.4 Å². The minimum absolute atomic E-state index is 0.0185. The van der Waals surface area contributed by atoms with Gasteiger partial charge in [0.1, 0.15) is 6.07 Å². The summed E-state index contributed by atoms with van der Waals surface area (Å²) in [6, 6.07) is 6.37. The quantitative estimate of drug-likeness (QED) is 0.829. The first-order chi connectivity index (χ1) is 10.1. The summed E-state index contributed by atoms with van der Waals surface area (Å²) in [5.74, 6) is -0.145. The van der Waals surface area contributed by atoms with Gasteiger partial charge in [-0.05, 0) is 19.0 Å². The van der Waals surface area contributed by atoms with Crippen LogP contribution >= 0.6 is 0 Å². The highest BCUT2D eigenvalue weighted by molar-refractivity contribution is 5.56. The lowest BCUT2D eigenvalue weighted by atomic mass is 9.59. The SMILES string of the molecule is CCC[C@H]1[C@H]2CN(C)CC=C2C(C#N)=C(N)C1(C#N)C#N. The molecule has 2 N–H and O–H groups in total. The average Bonchev–Trinajstić information content (AvgIpc) is 2.49. The standard InChI is InChI=1S/C16H19N5/c1-3-4-14-13-8-21(2)6-5-11(13)12(7-17)15(20)16(14,9-18)10-19/h5,13-14H,3-4,6,8,20H2,1-2H3/t13-,14-/m0/s1. The molecule has 0 radical (unpaired) electrons. The Balaban J connectivity index is 2.71. The lowest BCUT2D eigenvalue weighted by Crippen LogP contribution is -2.48. The maximum absolute atomic E-state index is 9.65. The number of allylic oxidation sites excluding steroid dienone is 2. The van der Waals surface area contributed by atoms with Gasteiger partial charge in [0, 0.05) is 24.9 Å². The maximum Gasteiger partial charge on any atom is 0.187 e. The minimum Gasteiger partial charge on any atom is -0.399 e. The largest absolute Gasteiger partial charge is 0.399 e. The maximum atomic E-state index is 9.65. The number of nitriles is 3. The van der Waals surface area contributed by atoms with Crippen LogP contribution in [0, 0.1) is 51.2 Å². The van der Waals surface area contributed by atoms with Crippen LogP contribution in [0.25, 0.3) is 0 Å². The van der Waals surface area contributed by atoms with Gasteiger partial charge in [-0.15, -0.1) is 0 Å². The summed E-state index contributed by atoms with van der Waals surface area (Å²) in [6.45, 7) is 3.55. The first-order valence-electron chi connectivity index (χ1n) is 7.17. The number of hydrogen-bond donors (Lipinski definition) is 1. The second-order valence-electron chi connectivity index (χ2n) is 5.81. The number of nitrogens with zero attached hydrogens (tertiary/aromatic N) is 4. The molecule has 1 aliphatic carbocycles. The zero-order chi connectivity index (χ0) is 15.6. The van der Waals surface area contributed by atoms with Gasteiger partial charge in [-0.2, -0.15) is 15.8 Å². The molecule has 0 spiro atoms. The highest BCUT2D eigenvalue weighted by Gasteiger charge is 2.52. The van der Waals surface area contributed by atoms with Crippen LogP contribution in [0.5, 0.6) is 0 Å². The number of nitrogens with two attached hydrogens (primary N) is 1. The fourth-order valence-electron chi connectivity index (χ4n) is 3.56. The van der Waals surface area contributed by atoms with Gasteiger partial charge in [0.15, 0.2) is 5.41 Å². The van der Waals surface area contributed by atoms with E-state index in [9.17, 15) is 15.8 Å². The molecule has 21 heavy (non-hydrogen) atoms. The molecule has 0 saturated carbocycles. The zero-order valence-corrected chi connectivity index (χ0v) is 12.4. The predicted octanol–water partition coefficient (Wildman–Crippen LogP) is 1.67. The molecule has 0 fully saturated rings. The van der Waals surface area contributed by atoms with E-state index in [-0.39, 0.29) is 17.5 Å². The van der Waals surface area contributed by atoms with Crippen LogP contribution in [0.1, 0.15) is 19.8 Å². The monoisotopic (exact) mass is 281 g/mol. The molecule has 0 saturated heterocycles. The Morgan fingerprint density at radius 2 is 2.05 bits per heavy atom. The van der Waals surface area contributed by atoms with E-state index in [1.54, 1.807) is 0 Å². The molecule has 0 aromatic rings. The third-order valence-electron chi connectivity index (χ3n) is 4.62. The Labute approximate surface area is 125 Å². The second-order valence-corrected chi connectivity index (χ2v) is 5.81. The number of fused-ring (bicyclic) bond motifs is 1. The third-order valence-corrected chi connectivity index (χ3v) is 4.62. The van der Waals surface area contributed by atoms with Crippen molar-refractivity contribution in [3.05, 3.63) is 22.9 Å². The van der Waals surface area contributed by atoms with Crippen LogP contribution in [0.15, 0.2) is 22.9 Å². The summed E-state index contributed by atoms with van der Waals surface area (Å²) in [4.78, 5) is 2.15. The van der Waals surface area contributed by atoms with E-state index < -0.39 is 5.41 Å². The van der Waals surface area contributed by atoms with Crippen LogP contribution < -0.4 is 5.73 Å². The molecule has 0 unspecified atom stereocenters. The molecule has 108 valence electrons. The fraction of sp³-hybridized carbons (Fsp3) is 0.562. The molecule has 0 amide bonds. The Bertz CT molecular complexity index is 609. The molecular formula is C16H19N5. The summed E-state index contributed by atoms with van der Waals surface area (Å²) in [5, 5.41) is 28.7. The molecule has 2 rings (SSSR count). The number of hydrogen-bond acceptors (Lipinski definition) is 5. The first kappa shape index (κ1) is 15.1. The van der Waals surface area contributed by atoms with Gasteiger partial charge >= 0.3 is 0 Å².